The number of nitrogens with zero attached hydrogens (tertiary/aromatic N) is 1. The van der Waals surface area contributed by atoms with E-state index in [9.17, 15) is 22.8 Å². The topological polar surface area (TPSA) is 106 Å². The van der Waals surface area contributed by atoms with E-state index in [1.54, 1.807) is 17.8 Å². The normalized spacial score (nSPS) is 11.4. The molecule has 0 spiro atoms. The molecule has 39 heavy (non-hydrogen) atoms. The van der Waals surface area contributed by atoms with Gasteiger partial charge >= 0.3 is 18.0 Å². The molecule has 2 heterocycles. The quantitative estimate of drug-likeness (QED) is 0.138. The maximum Gasteiger partial charge on any atom is 0.573 e. The fourth-order valence-electron chi connectivity index (χ4n) is 3.12. The van der Waals surface area contributed by atoms with Crippen molar-refractivity contribution in [1.29, 1.82) is 0 Å². The van der Waals surface area contributed by atoms with Gasteiger partial charge in [0.05, 0.1) is 32.0 Å². The van der Waals surface area contributed by atoms with E-state index in [4.69, 9.17) is 23.4 Å². The number of rotatable bonds is 16. The summed E-state index contributed by atoms with van der Waals surface area (Å²) in [6.07, 6.45) is -2.23. The minimum atomic E-state index is -4.80. The Labute approximate surface area is 225 Å². The lowest BCUT2D eigenvalue weighted by atomic mass is 10.1. The predicted molar refractivity (Wildman–Crippen MR) is 138 cm³/mol. The van der Waals surface area contributed by atoms with Crippen LogP contribution in [-0.4, -0.2) is 68.5 Å². The molecule has 13 heteroatoms. The summed E-state index contributed by atoms with van der Waals surface area (Å²) in [6.45, 7) is 5.47. The van der Waals surface area contributed by atoms with Crippen LogP contribution in [0.1, 0.15) is 0 Å². The molecule has 2 aromatic heterocycles. The van der Waals surface area contributed by atoms with Gasteiger partial charge in [0.15, 0.2) is 0 Å². The van der Waals surface area contributed by atoms with Crippen LogP contribution in [0.3, 0.4) is 0 Å². The van der Waals surface area contributed by atoms with Gasteiger partial charge in [-0.25, -0.2) is 14.6 Å². The Morgan fingerprint density at radius 2 is 1.69 bits per heavy atom. The molecule has 0 N–H and O–H groups in total. The second-order valence-electron chi connectivity index (χ2n) is 7.64. The van der Waals surface area contributed by atoms with Crippen LogP contribution in [0, 0.1) is 0 Å². The molecule has 3 aromatic rings. The fourth-order valence-corrected chi connectivity index (χ4v) is 3.79. The van der Waals surface area contributed by atoms with E-state index < -0.39 is 23.7 Å². The number of esters is 1. The molecule has 0 amide bonds. The van der Waals surface area contributed by atoms with Crippen molar-refractivity contribution in [3.63, 3.8) is 0 Å². The Morgan fingerprint density at radius 1 is 1.00 bits per heavy atom. The van der Waals surface area contributed by atoms with Gasteiger partial charge in [0.2, 0.25) is 5.88 Å². The lowest BCUT2D eigenvalue weighted by molar-refractivity contribution is -0.274. The molecule has 0 aliphatic rings. The molecule has 0 atom stereocenters. The van der Waals surface area contributed by atoms with Gasteiger partial charge in [0.25, 0.3) is 0 Å². The highest BCUT2D eigenvalue weighted by Gasteiger charge is 2.31. The lowest BCUT2D eigenvalue weighted by Crippen LogP contribution is -2.17. The summed E-state index contributed by atoms with van der Waals surface area (Å²) in [5, 5.41) is 0.516. The first kappa shape index (κ1) is 30.0. The Hall–Kier alpha value is -3.55. The first-order chi connectivity index (χ1) is 18.7. The summed E-state index contributed by atoms with van der Waals surface area (Å²) in [7, 11) is 0. The standard InChI is InChI=1S/C26H26F3NO8S/c1-2-24(31)36-10-8-34-12-14-39-13-11-33-7-9-35-23-16-22-19(17-30-23)15-21(25(32)37-22)18-3-5-20(6-4-18)38-26(27,28)29/h2-6,15-17H,1,7-14H2. The van der Waals surface area contributed by atoms with Crippen molar-refractivity contribution >= 4 is 28.7 Å². The summed E-state index contributed by atoms with van der Waals surface area (Å²) in [6, 6.07) is 7.93. The van der Waals surface area contributed by atoms with Crippen LogP contribution in [-0.2, 0) is 19.0 Å². The van der Waals surface area contributed by atoms with Crippen molar-refractivity contribution in [2.24, 2.45) is 0 Å². The van der Waals surface area contributed by atoms with E-state index in [1.807, 2.05) is 0 Å². The van der Waals surface area contributed by atoms with Crippen molar-refractivity contribution in [1.82, 2.24) is 4.98 Å². The second kappa shape index (κ2) is 15.1. The number of alkyl halides is 3. The Morgan fingerprint density at radius 3 is 2.36 bits per heavy atom. The average molecular weight is 570 g/mol. The highest BCUT2D eigenvalue weighted by atomic mass is 32.2. The number of halogens is 3. The van der Waals surface area contributed by atoms with Crippen LogP contribution in [0.15, 0.2) is 64.5 Å². The molecule has 0 radical (unpaired) electrons. The van der Waals surface area contributed by atoms with Crippen LogP contribution in [0.4, 0.5) is 13.2 Å². The van der Waals surface area contributed by atoms with Crippen molar-refractivity contribution in [2.45, 2.75) is 6.36 Å². The third-order valence-electron chi connectivity index (χ3n) is 4.85. The zero-order valence-electron chi connectivity index (χ0n) is 20.7. The van der Waals surface area contributed by atoms with E-state index in [0.717, 1.165) is 29.7 Å². The minimum absolute atomic E-state index is 0.170. The van der Waals surface area contributed by atoms with Crippen LogP contribution in [0.5, 0.6) is 11.6 Å². The molecule has 9 nitrogen and oxygen atoms in total. The van der Waals surface area contributed by atoms with Crippen molar-refractivity contribution in [2.75, 3.05) is 51.1 Å². The number of aromatic nitrogens is 1. The summed E-state index contributed by atoms with van der Waals surface area (Å²) < 4.78 is 67.5. The number of carbonyl (C=O) groups excluding carboxylic acids is 1. The fraction of sp³-hybridized carbons (Fsp3) is 0.346. The molecular weight excluding hydrogens is 543 g/mol. The first-order valence-corrected chi connectivity index (χ1v) is 12.9. The number of benzene rings is 1. The van der Waals surface area contributed by atoms with Crippen LogP contribution >= 0.6 is 11.8 Å². The van der Waals surface area contributed by atoms with E-state index in [2.05, 4.69) is 16.3 Å². The van der Waals surface area contributed by atoms with Gasteiger partial charge in [-0.05, 0) is 23.8 Å². The van der Waals surface area contributed by atoms with Gasteiger partial charge in [-0.2, -0.15) is 11.8 Å². The molecule has 1 aromatic carbocycles. The lowest BCUT2D eigenvalue weighted by Gasteiger charge is -2.09. The Kier molecular flexibility index (Phi) is 11.6. The number of thioether (sulfide) groups is 1. The zero-order valence-corrected chi connectivity index (χ0v) is 21.6. The maximum atomic E-state index is 12.5. The second-order valence-corrected chi connectivity index (χ2v) is 8.86. The minimum Gasteiger partial charge on any atom is -0.475 e. The van der Waals surface area contributed by atoms with Gasteiger partial charge in [-0.1, -0.05) is 18.7 Å². The number of hydrogen-bond acceptors (Lipinski definition) is 10. The first-order valence-electron chi connectivity index (χ1n) is 11.7. The van der Waals surface area contributed by atoms with Crippen molar-refractivity contribution in [3.05, 3.63) is 65.7 Å². The van der Waals surface area contributed by atoms with Crippen LogP contribution in [0.2, 0.25) is 0 Å². The summed E-state index contributed by atoms with van der Waals surface area (Å²) in [4.78, 5) is 27.5. The van der Waals surface area contributed by atoms with E-state index >= 15 is 0 Å². The highest BCUT2D eigenvalue weighted by Crippen LogP contribution is 2.27. The Balaban J connectivity index is 1.36. The average Bonchev–Trinajstić information content (AvgIpc) is 2.90. The molecule has 0 aliphatic heterocycles. The van der Waals surface area contributed by atoms with Crippen molar-refractivity contribution in [3.8, 4) is 22.8 Å². The molecule has 0 saturated heterocycles. The molecule has 0 aliphatic carbocycles. The molecule has 0 fully saturated rings. The monoisotopic (exact) mass is 569 g/mol. The molecular formula is C26H26F3NO8S. The van der Waals surface area contributed by atoms with Gasteiger partial charge in [-0.15, -0.1) is 13.2 Å². The van der Waals surface area contributed by atoms with Crippen LogP contribution in [0.25, 0.3) is 22.1 Å². The maximum absolute atomic E-state index is 12.5. The smallest absolute Gasteiger partial charge is 0.475 e. The largest absolute Gasteiger partial charge is 0.573 e. The predicted octanol–water partition coefficient (Wildman–Crippen LogP) is 4.63. The molecule has 210 valence electrons. The van der Waals surface area contributed by atoms with E-state index in [-0.39, 0.29) is 30.2 Å². The van der Waals surface area contributed by atoms with Gasteiger partial charge in [-0.3, -0.25) is 0 Å². The number of pyridine rings is 1. The number of ether oxygens (including phenoxy) is 5. The number of fused-ring (bicyclic) bond motifs is 1. The Bertz CT molecular complexity index is 1280. The third kappa shape index (κ3) is 10.6. The molecule has 0 bridgehead atoms. The van der Waals surface area contributed by atoms with E-state index in [1.165, 1.54) is 24.4 Å². The SMILES string of the molecule is C=CC(=O)OCCOCCSCCOCCOc1cc2oc(=O)c(-c3ccc(OC(F)(F)F)cc3)cc2cn1. The van der Waals surface area contributed by atoms with Crippen molar-refractivity contribution < 1.29 is 46.1 Å². The van der Waals surface area contributed by atoms with Gasteiger partial charge in [0.1, 0.15) is 24.5 Å². The number of carbonyl (C=O) groups is 1. The third-order valence-corrected chi connectivity index (χ3v) is 5.76. The zero-order chi connectivity index (χ0) is 28.1. The summed E-state index contributed by atoms with van der Waals surface area (Å²) >= 11 is 1.66. The number of hydrogen-bond donors (Lipinski definition) is 0. The molecule has 3 rings (SSSR count). The van der Waals surface area contributed by atoms with Gasteiger partial charge < -0.3 is 28.1 Å². The summed E-state index contributed by atoms with van der Waals surface area (Å²) in [5.41, 5.74) is 0.133. The highest BCUT2D eigenvalue weighted by molar-refractivity contribution is 7.99. The van der Waals surface area contributed by atoms with Crippen LogP contribution < -0.4 is 15.1 Å². The van der Waals surface area contributed by atoms with Gasteiger partial charge in [0, 0.05) is 35.2 Å². The molecule has 0 saturated carbocycles. The molecule has 0 unspecified atom stereocenters. The van der Waals surface area contributed by atoms with E-state index in [0.29, 0.717) is 37.4 Å². The summed E-state index contributed by atoms with van der Waals surface area (Å²) in [5.74, 6) is 0.936.